The lowest BCUT2D eigenvalue weighted by molar-refractivity contribution is 0.0970. The predicted octanol–water partition coefficient (Wildman–Crippen LogP) is 6.71. The molecule has 0 saturated carbocycles. The molecule has 3 nitrogen and oxygen atoms in total. The summed E-state index contributed by atoms with van der Waals surface area (Å²) in [5.41, 5.74) is 6.18. The number of likely N-dealkylation sites (N-methyl/N-ethyl adjacent to an activating group) is 1. The highest BCUT2D eigenvalue weighted by molar-refractivity contribution is 7.17. The largest absolute Gasteiger partial charge is 0.448 e. The number of benzene rings is 3. The van der Waals surface area contributed by atoms with Crippen molar-refractivity contribution < 1.29 is 9.53 Å². The van der Waals surface area contributed by atoms with Crippen LogP contribution >= 0.6 is 11.3 Å². The van der Waals surface area contributed by atoms with Crippen LogP contribution in [0.3, 0.4) is 0 Å². The van der Waals surface area contributed by atoms with Gasteiger partial charge in [0.25, 0.3) is 0 Å². The zero-order valence-electron chi connectivity index (χ0n) is 17.7. The monoisotopic (exact) mass is 427 g/mol. The van der Waals surface area contributed by atoms with Gasteiger partial charge in [0, 0.05) is 23.7 Å². The maximum absolute atomic E-state index is 12.8. The molecule has 3 aromatic carbocycles. The first-order valence-electron chi connectivity index (χ1n) is 10.7. The van der Waals surface area contributed by atoms with E-state index in [9.17, 15) is 4.79 Å². The van der Waals surface area contributed by atoms with E-state index in [0.29, 0.717) is 6.61 Å². The molecule has 31 heavy (non-hydrogen) atoms. The number of hydrogen-bond acceptors (Lipinski definition) is 3. The van der Waals surface area contributed by atoms with Gasteiger partial charge in [-0.3, -0.25) is 0 Å². The minimum atomic E-state index is -0.272. The molecule has 156 valence electrons. The van der Waals surface area contributed by atoms with Crippen molar-refractivity contribution >= 4 is 27.5 Å². The fraction of sp³-hybridized carbons (Fsp3) is 0.222. The first-order valence-corrected chi connectivity index (χ1v) is 11.5. The number of rotatable bonds is 5. The highest BCUT2D eigenvalue weighted by Crippen LogP contribution is 2.44. The molecule has 0 spiro atoms. The second-order valence-electron chi connectivity index (χ2n) is 8.26. The second-order valence-corrected chi connectivity index (χ2v) is 9.21. The Morgan fingerprint density at radius 2 is 1.68 bits per heavy atom. The lowest BCUT2D eigenvalue weighted by atomic mass is 9.98. The van der Waals surface area contributed by atoms with Crippen LogP contribution in [0.2, 0.25) is 0 Å². The van der Waals surface area contributed by atoms with Crippen LogP contribution in [-0.2, 0) is 11.2 Å². The van der Waals surface area contributed by atoms with Crippen LogP contribution in [0.15, 0.2) is 78.2 Å². The van der Waals surface area contributed by atoms with Crippen LogP contribution in [-0.4, -0.2) is 30.7 Å². The summed E-state index contributed by atoms with van der Waals surface area (Å²) < 4.78 is 7.09. The van der Waals surface area contributed by atoms with Gasteiger partial charge in [-0.1, -0.05) is 60.7 Å². The molecule has 0 N–H and O–H groups in total. The molecule has 1 aliphatic carbocycles. The van der Waals surface area contributed by atoms with Crippen LogP contribution in [0.1, 0.15) is 29.5 Å². The molecule has 1 heterocycles. The summed E-state index contributed by atoms with van der Waals surface area (Å²) in [6.07, 6.45) is 0.528. The third kappa shape index (κ3) is 3.72. The van der Waals surface area contributed by atoms with Crippen LogP contribution in [0.4, 0.5) is 4.79 Å². The smallest absolute Gasteiger partial charge is 0.409 e. The number of carbonyl (C=O) groups is 1. The van der Waals surface area contributed by atoms with Gasteiger partial charge in [0.1, 0.15) is 6.61 Å². The van der Waals surface area contributed by atoms with Gasteiger partial charge >= 0.3 is 6.09 Å². The molecular weight excluding hydrogens is 402 g/mol. The van der Waals surface area contributed by atoms with Gasteiger partial charge < -0.3 is 9.64 Å². The summed E-state index contributed by atoms with van der Waals surface area (Å²) in [5, 5.41) is 3.38. The van der Waals surface area contributed by atoms with Crippen molar-refractivity contribution in [3.63, 3.8) is 0 Å². The van der Waals surface area contributed by atoms with E-state index >= 15 is 0 Å². The Labute approximate surface area is 186 Å². The average Bonchev–Trinajstić information content (AvgIpc) is 3.39. The van der Waals surface area contributed by atoms with Crippen LogP contribution in [0, 0.1) is 0 Å². The summed E-state index contributed by atoms with van der Waals surface area (Å²) in [7, 11) is 1.83. The van der Waals surface area contributed by atoms with E-state index in [-0.39, 0.29) is 18.1 Å². The molecular formula is C27H25NO2S. The van der Waals surface area contributed by atoms with Crippen LogP contribution in [0.5, 0.6) is 0 Å². The van der Waals surface area contributed by atoms with E-state index < -0.39 is 0 Å². The van der Waals surface area contributed by atoms with Crippen molar-refractivity contribution in [2.24, 2.45) is 0 Å². The molecule has 1 atom stereocenters. The first kappa shape index (κ1) is 19.8. The predicted molar refractivity (Wildman–Crippen MR) is 128 cm³/mol. The third-order valence-corrected chi connectivity index (χ3v) is 7.22. The Morgan fingerprint density at radius 3 is 2.39 bits per heavy atom. The quantitative estimate of drug-likeness (QED) is 0.354. The molecule has 0 bridgehead atoms. The van der Waals surface area contributed by atoms with E-state index in [1.54, 1.807) is 16.2 Å². The average molecular weight is 428 g/mol. The Morgan fingerprint density at radius 1 is 1.00 bits per heavy atom. The van der Waals surface area contributed by atoms with E-state index in [4.69, 9.17) is 4.74 Å². The summed E-state index contributed by atoms with van der Waals surface area (Å²) in [6, 6.07) is 25.5. The fourth-order valence-electron chi connectivity index (χ4n) is 4.48. The van der Waals surface area contributed by atoms with Gasteiger partial charge in [-0.15, -0.1) is 11.3 Å². The molecule has 4 heteroatoms. The number of fused-ring (bicyclic) bond motifs is 4. The molecule has 0 fully saturated rings. The normalized spacial score (nSPS) is 13.6. The minimum Gasteiger partial charge on any atom is -0.448 e. The van der Waals surface area contributed by atoms with Crippen molar-refractivity contribution in [2.45, 2.75) is 25.3 Å². The minimum absolute atomic E-state index is 0.0491. The topological polar surface area (TPSA) is 29.5 Å². The van der Waals surface area contributed by atoms with Gasteiger partial charge in [0.2, 0.25) is 0 Å². The number of amides is 1. The summed E-state index contributed by atoms with van der Waals surface area (Å²) >= 11 is 1.75. The summed E-state index contributed by atoms with van der Waals surface area (Å²) in [4.78, 5) is 14.5. The first-order chi connectivity index (χ1) is 15.1. The third-order valence-electron chi connectivity index (χ3n) is 6.34. The van der Waals surface area contributed by atoms with E-state index in [1.807, 2.05) is 7.05 Å². The van der Waals surface area contributed by atoms with Gasteiger partial charge in [-0.05, 0) is 64.1 Å². The van der Waals surface area contributed by atoms with E-state index in [2.05, 4.69) is 85.1 Å². The Kier molecular flexibility index (Phi) is 5.24. The molecule has 1 aliphatic rings. The Balaban J connectivity index is 1.26. The highest BCUT2D eigenvalue weighted by atomic mass is 32.1. The zero-order chi connectivity index (χ0) is 21.4. The highest BCUT2D eigenvalue weighted by Gasteiger charge is 2.29. The molecule has 0 radical (unpaired) electrons. The van der Waals surface area contributed by atoms with Crippen LogP contribution < -0.4 is 0 Å². The Bertz CT molecular complexity index is 1200. The van der Waals surface area contributed by atoms with Crippen molar-refractivity contribution in [2.75, 3.05) is 13.7 Å². The second kappa shape index (κ2) is 8.20. The fourth-order valence-corrected chi connectivity index (χ4v) is 5.33. The van der Waals surface area contributed by atoms with Crippen molar-refractivity contribution in [3.05, 3.63) is 94.9 Å². The SMILES string of the molecule is C[C@H](Cc1ccc2ccsc2c1)N(C)C(=O)OCC1c2ccccc2-c2ccccc21. The number of ether oxygens (including phenoxy) is 1. The molecule has 4 aromatic rings. The number of nitrogens with zero attached hydrogens (tertiary/aromatic N) is 1. The summed E-state index contributed by atoms with van der Waals surface area (Å²) in [6.45, 7) is 2.42. The Hall–Kier alpha value is -3.11. The number of carbonyl (C=O) groups excluding carboxylic acids is 1. The van der Waals surface area contributed by atoms with Crippen molar-refractivity contribution in [1.82, 2.24) is 4.90 Å². The molecule has 0 aliphatic heterocycles. The molecule has 0 unspecified atom stereocenters. The van der Waals surface area contributed by atoms with E-state index in [0.717, 1.165) is 6.42 Å². The molecule has 1 amide bonds. The number of thiophene rings is 1. The maximum atomic E-state index is 12.8. The van der Waals surface area contributed by atoms with Gasteiger partial charge in [0.05, 0.1) is 0 Å². The van der Waals surface area contributed by atoms with Crippen molar-refractivity contribution in [1.29, 1.82) is 0 Å². The van der Waals surface area contributed by atoms with Gasteiger partial charge in [-0.2, -0.15) is 0 Å². The standard InChI is InChI=1S/C27H25NO2S/c1-18(15-19-11-12-20-13-14-31-26(20)16-19)28(2)27(29)30-17-25-23-9-5-3-7-21(23)22-8-4-6-10-24(22)25/h3-14,16,18,25H,15,17H2,1-2H3/t18-/m1/s1. The lowest BCUT2D eigenvalue weighted by Crippen LogP contribution is -2.37. The molecule has 5 rings (SSSR count). The van der Waals surface area contributed by atoms with Gasteiger partial charge in [0.15, 0.2) is 0 Å². The zero-order valence-corrected chi connectivity index (χ0v) is 18.6. The maximum Gasteiger partial charge on any atom is 0.409 e. The molecule has 1 aromatic heterocycles. The van der Waals surface area contributed by atoms with E-state index in [1.165, 1.54) is 37.9 Å². The van der Waals surface area contributed by atoms with Crippen molar-refractivity contribution in [3.8, 4) is 11.1 Å². The number of hydrogen-bond donors (Lipinski definition) is 0. The lowest BCUT2D eigenvalue weighted by Gasteiger charge is -2.25. The summed E-state index contributed by atoms with van der Waals surface area (Å²) in [5.74, 6) is 0.0845. The van der Waals surface area contributed by atoms with Crippen LogP contribution in [0.25, 0.3) is 21.2 Å². The molecule has 0 saturated heterocycles. The van der Waals surface area contributed by atoms with Gasteiger partial charge in [-0.25, -0.2) is 4.79 Å².